The van der Waals surface area contributed by atoms with Crippen LogP contribution < -0.4 is 0 Å². The van der Waals surface area contributed by atoms with Crippen LogP contribution in [0.2, 0.25) is 18.1 Å². The van der Waals surface area contributed by atoms with Crippen molar-refractivity contribution < 1.29 is 32.1 Å². The summed E-state index contributed by atoms with van der Waals surface area (Å²) in [6.07, 6.45) is 4.90. The number of Topliss-reactive ketones (excluding diaryl/α,β-unsaturated/α-hetero) is 1. The number of hydrogen-bond donors (Lipinski definition) is 0. The number of ether oxygens (including phenoxy) is 2. The quantitative estimate of drug-likeness (QED) is 0.159. The number of fused-ring (bicyclic) bond motifs is 2. The van der Waals surface area contributed by atoms with Crippen LogP contribution in [0, 0.1) is 21.4 Å². The molecule has 1 fully saturated rings. The van der Waals surface area contributed by atoms with Crippen molar-refractivity contribution in [3.8, 4) is 0 Å². The second-order valence-corrected chi connectivity index (χ2v) is 19.3. The number of nitro benzene ring substituents is 1. The molecule has 12 heteroatoms. The molecule has 3 atom stereocenters. The van der Waals surface area contributed by atoms with E-state index < -0.39 is 39.3 Å². The molecule has 0 bridgehead atoms. The van der Waals surface area contributed by atoms with E-state index in [0.717, 1.165) is 35.1 Å². The third kappa shape index (κ3) is 6.04. The largest absolute Gasteiger partial charge is 0.469 e. The zero-order valence-corrected chi connectivity index (χ0v) is 26.9. The van der Waals surface area contributed by atoms with Gasteiger partial charge in [-0.25, -0.2) is 8.42 Å². The van der Waals surface area contributed by atoms with Gasteiger partial charge in [0, 0.05) is 38.5 Å². The fraction of sp³-hybridized carbons (Fsp3) is 0.690. The average Bonchev–Trinajstić information content (AvgIpc) is 3.22. The van der Waals surface area contributed by atoms with Crippen molar-refractivity contribution >= 4 is 29.8 Å². The summed E-state index contributed by atoms with van der Waals surface area (Å²) in [5.41, 5.74) is -0.108. The number of allylic oxidation sites excluding steroid dienone is 2. The molecule has 1 heterocycles. The van der Waals surface area contributed by atoms with E-state index in [9.17, 15) is 23.3 Å². The number of hydroxylamine groups is 1. The van der Waals surface area contributed by atoms with E-state index in [1.54, 1.807) is 0 Å². The smallest absolute Gasteiger partial charge is 0.289 e. The highest BCUT2D eigenvalue weighted by molar-refractivity contribution is 7.89. The van der Waals surface area contributed by atoms with Crippen LogP contribution in [0.4, 0.5) is 5.69 Å². The molecule has 0 radical (unpaired) electrons. The molecule has 0 saturated heterocycles. The van der Waals surface area contributed by atoms with E-state index in [-0.39, 0.29) is 29.6 Å². The molecular weight excluding hydrogens is 564 g/mol. The first-order chi connectivity index (χ1) is 19.1. The molecule has 3 aliphatic rings. The number of rotatable bonds is 11. The lowest BCUT2D eigenvalue weighted by molar-refractivity contribution is -0.387. The molecule has 10 nitrogen and oxygen atoms in total. The average molecular weight is 609 g/mol. The minimum absolute atomic E-state index is 0.0202. The first-order valence-corrected chi connectivity index (χ1v) is 19.0. The van der Waals surface area contributed by atoms with Gasteiger partial charge in [0.05, 0.1) is 10.3 Å². The topological polar surface area (TPSA) is 125 Å². The highest BCUT2D eigenvalue weighted by Gasteiger charge is 2.56. The van der Waals surface area contributed by atoms with Gasteiger partial charge in [-0.2, -0.15) is 0 Å². The Hall–Kier alpha value is -2.12. The molecule has 0 aromatic heterocycles. The molecule has 0 N–H and O–H groups in total. The SMILES string of the molecule is CCOC1CCC2=C(C[C@@H]3CCCC(=O)[C@]23CCCN(O[Si](C)(C)C(C)(C)C)S(=O)(=O)c2ccccc2[N+](=O)[O-])O1. The van der Waals surface area contributed by atoms with Crippen LogP contribution in [0.25, 0.3) is 0 Å². The minimum Gasteiger partial charge on any atom is -0.469 e. The molecule has 41 heavy (non-hydrogen) atoms. The summed E-state index contributed by atoms with van der Waals surface area (Å²) in [5, 5.41) is 11.4. The maximum absolute atomic E-state index is 14.0. The van der Waals surface area contributed by atoms with Crippen molar-refractivity contribution in [2.75, 3.05) is 13.2 Å². The maximum Gasteiger partial charge on any atom is 0.289 e. The minimum atomic E-state index is -4.38. The number of carbonyl (C=O) groups excluding carboxylic acids is 1. The lowest BCUT2D eigenvalue weighted by Gasteiger charge is -2.42. The van der Waals surface area contributed by atoms with Crippen molar-refractivity contribution in [1.82, 2.24) is 4.47 Å². The van der Waals surface area contributed by atoms with Crippen molar-refractivity contribution in [2.45, 2.75) is 108 Å². The van der Waals surface area contributed by atoms with Gasteiger partial charge >= 0.3 is 0 Å². The van der Waals surface area contributed by atoms with Crippen molar-refractivity contribution in [2.24, 2.45) is 11.3 Å². The van der Waals surface area contributed by atoms with E-state index in [1.807, 2.05) is 40.8 Å². The Balaban J connectivity index is 1.65. The molecule has 1 saturated carbocycles. The third-order valence-electron chi connectivity index (χ3n) is 9.37. The van der Waals surface area contributed by atoms with E-state index in [2.05, 4.69) is 0 Å². The van der Waals surface area contributed by atoms with Gasteiger partial charge in [-0.15, -0.1) is 0 Å². The number of nitrogens with zero attached hydrogens (tertiary/aromatic N) is 2. The highest BCUT2D eigenvalue weighted by atomic mass is 32.2. The fourth-order valence-corrected chi connectivity index (χ4v) is 9.35. The lowest BCUT2D eigenvalue weighted by atomic mass is 9.61. The summed E-state index contributed by atoms with van der Waals surface area (Å²) in [5.74, 6) is 1.20. The molecule has 1 unspecified atom stereocenters. The number of sulfonamides is 1. The number of hydrogen-bond acceptors (Lipinski definition) is 8. The van der Waals surface area contributed by atoms with Crippen LogP contribution in [0.5, 0.6) is 0 Å². The number of para-hydroxylation sites is 1. The monoisotopic (exact) mass is 608 g/mol. The lowest BCUT2D eigenvalue weighted by Crippen LogP contribution is -2.49. The number of benzene rings is 1. The molecule has 1 aliphatic heterocycles. The van der Waals surface area contributed by atoms with Crippen molar-refractivity contribution in [1.29, 1.82) is 0 Å². The van der Waals surface area contributed by atoms with Crippen LogP contribution in [0.3, 0.4) is 0 Å². The Bertz CT molecular complexity index is 1310. The Labute approximate surface area is 244 Å². The van der Waals surface area contributed by atoms with Gasteiger partial charge in [0.15, 0.2) is 11.2 Å². The predicted octanol–water partition coefficient (Wildman–Crippen LogP) is 6.49. The van der Waals surface area contributed by atoms with Gasteiger partial charge in [0.1, 0.15) is 11.5 Å². The summed E-state index contributed by atoms with van der Waals surface area (Å²) in [7, 11) is -7.05. The first-order valence-electron chi connectivity index (χ1n) is 14.6. The van der Waals surface area contributed by atoms with E-state index >= 15 is 0 Å². The summed E-state index contributed by atoms with van der Waals surface area (Å²) >= 11 is 0. The summed E-state index contributed by atoms with van der Waals surface area (Å²) in [6.45, 7) is 12.4. The summed E-state index contributed by atoms with van der Waals surface area (Å²) < 4.78 is 47.2. The molecule has 4 rings (SSSR count). The summed E-state index contributed by atoms with van der Waals surface area (Å²) in [6, 6.07) is 5.35. The van der Waals surface area contributed by atoms with Crippen LogP contribution in [0.1, 0.15) is 79.1 Å². The van der Waals surface area contributed by atoms with Crippen LogP contribution >= 0.6 is 0 Å². The maximum atomic E-state index is 14.0. The Kier molecular flexibility index (Phi) is 9.21. The molecule has 1 aromatic rings. The molecular formula is C29H44N2O8SSi. The molecule has 0 spiro atoms. The molecule has 2 aliphatic carbocycles. The standard InChI is InChI=1S/C29H44N2O8SSi/c1-7-37-27-17-16-22-24(38-27)20-21-12-10-15-26(32)29(21,22)18-11-19-30(39-41(5,6)28(2,3)4)40(35,36)25-14-9-8-13-23(25)31(33)34/h8-9,13-14,21,27H,7,10-12,15-20H2,1-6H3/t21-,27?,29-/m0/s1. The van der Waals surface area contributed by atoms with Crippen molar-refractivity contribution in [3.63, 3.8) is 0 Å². The second-order valence-electron chi connectivity index (χ2n) is 12.8. The molecule has 228 valence electrons. The molecule has 0 amide bonds. The van der Waals surface area contributed by atoms with Gasteiger partial charge in [-0.05, 0) is 74.7 Å². The van der Waals surface area contributed by atoms with Crippen molar-refractivity contribution in [3.05, 3.63) is 45.7 Å². The van der Waals surface area contributed by atoms with Gasteiger partial charge in [-0.3, -0.25) is 14.9 Å². The normalized spacial score (nSPS) is 25.2. The molecule has 1 aromatic carbocycles. The zero-order chi connectivity index (χ0) is 30.2. The third-order valence-corrected chi connectivity index (χ3v) is 15.5. The van der Waals surface area contributed by atoms with Gasteiger partial charge in [-0.1, -0.05) is 37.4 Å². The second kappa shape index (κ2) is 11.9. The Morgan fingerprint density at radius 2 is 1.90 bits per heavy atom. The Morgan fingerprint density at radius 1 is 1.20 bits per heavy atom. The number of nitro groups is 1. The van der Waals surface area contributed by atoms with E-state index in [1.165, 1.54) is 24.3 Å². The van der Waals surface area contributed by atoms with E-state index in [0.29, 0.717) is 38.7 Å². The number of ketones is 1. The van der Waals surface area contributed by atoms with Gasteiger partial charge < -0.3 is 14.0 Å². The fourth-order valence-electron chi connectivity index (χ4n) is 6.28. The van der Waals surface area contributed by atoms with E-state index in [4.69, 9.17) is 14.0 Å². The number of carbonyl (C=O) groups is 1. The van der Waals surface area contributed by atoms with Gasteiger partial charge in [0.2, 0.25) is 8.32 Å². The van der Waals surface area contributed by atoms with Crippen LogP contribution in [0.15, 0.2) is 40.5 Å². The first kappa shape index (κ1) is 31.8. The predicted molar refractivity (Wildman–Crippen MR) is 157 cm³/mol. The highest BCUT2D eigenvalue weighted by Crippen LogP contribution is 2.59. The summed E-state index contributed by atoms with van der Waals surface area (Å²) in [4.78, 5) is 24.3. The van der Waals surface area contributed by atoms with Gasteiger partial charge in [0.25, 0.3) is 15.7 Å². The Morgan fingerprint density at radius 3 is 2.56 bits per heavy atom. The van der Waals surface area contributed by atoms with Crippen LogP contribution in [-0.2, 0) is 28.8 Å². The zero-order valence-electron chi connectivity index (χ0n) is 25.1. The van der Waals surface area contributed by atoms with Crippen LogP contribution in [-0.4, -0.2) is 51.4 Å².